The fourth-order valence-electron chi connectivity index (χ4n) is 4.54. The second-order valence-corrected chi connectivity index (χ2v) is 8.90. The van der Waals surface area contributed by atoms with Gasteiger partial charge in [0, 0.05) is 36.1 Å². The monoisotopic (exact) mass is 459 g/mol. The first-order chi connectivity index (χ1) is 16.1. The van der Waals surface area contributed by atoms with Crippen LogP contribution in [0.5, 0.6) is 5.75 Å². The van der Waals surface area contributed by atoms with Crippen LogP contribution in [0.25, 0.3) is 11.0 Å². The summed E-state index contributed by atoms with van der Waals surface area (Å²) in [5.74, 6) is 2.02. The SMILES string of the molecule is Cc1ccccc1OCCCn1c(C2CC(=O)N(c3cccc(Cl)c3)C2)nc2ccccc21. The first kappa shape index (κ1) is 21.5. The number of ether oxygens (including phenoxy) is 1. The molecule has 0 spiro atoms. The Morgan fingerprint density at radius 1 is 1.06 bits per heavy atom. The molecular weight excluding hydrogens is 434 g/mol. The average molecular weight is 460 g/mol. The zero-order chi connectivity index (χ0) is 22.8. The lowest BCUT2D eigenvalue weighted by molar-refractivity contribution is -0.117. The summed E-state index contributed by atoms with van der Waals surface area (Å²) in [4.78, 5) is 19.6. The Hall–Kier alpha value is -3.31. The molecule has 6 heteroatoms. The Labute approximate surface area is 198 Å². The van der Waals surface area contributed by atoms with E-state index in [0.717, 1.165) is 46.8 Å². The third-order valence-corrected chi connectivity index (χ3v) is 6.41. The molecule has 1 fully saturated rings. The third kappa shape index (κ3) is 4.46. The first-order valence-corrected chi connectivity index (χ1v) is 11.7. The maximum absolute atomic E-state index is 12.9. The van der Waals surface area contributed by atoms with E-state index in [0.29, 0.717) is 24.6 Å². The summed E-state index contributed by atoms with van der Waals surface area (Å²) in [6.45, 7) is 4.06. The summed E-state index contributed by atoms with van der Waals surface area (Å²) in [7, 11) is 0. The van der Waals surface area contributed by atoms with Gasteiger partial charge >= 0.3 is 0 Å². The minimum absolute atomic E-state index is 0.0289. The summed E-state index contributed by atoms with van der Waals surface area (Å²) in [5, 5.41) is 0.629. The molecule has 1 aromatic heterocycles. The van der Waals surface area contributed by atoms with E-state index in [2.05, 4.69) is 23.6 Å². The van der Waals surface area contributed by atoms with Crippen LogP contribution in [-0.4, -0.2) is 28.6 Å². The van der Waals surface area contributed by atoms with Crippen LogP contribution in [0.15, 0.2) is 72.8 Å². The highest BCUT2D eigenvalue weighted by Crippen LogP contribution is 2.34. The van der Waals surface area contributed by atoms with Crippen LogP contribution in [0.2, 0.25) is 5.02 Å². The molecule has 168 valence electrons. The molecule has 1 unspecified atom stereocenters. The number of amides is 1. The number of halogens is 1. The average Bonchev–Trinajstić information content (AvgIpc) is 3.38. The lowest BCUT2D eigenvalue weighted by Crippen LogP contribution is -2.24. The Kier molecular flexibility index (Phi) is 6.05. The fraction of sp³-hybridized carbons (Fsp3) is 0.259. The summed E-state index contributed by atoms with van der Waals surface area (Å²) >= 11 is 6.16. The van der Waals surface area contributed by atoms with Gasteiger partial charge in [-0.15, -0.1) is 0 Å². The largest absolute Gasteiger partial charge is 0.493 e. The number of hydrogen-bond acceptors (Lipinski definition) is 3. The zero-order valence-corrected chi connectivity index (χ0v) is 19.3. The molecule has 1 saturated heterocycles. The zero-order valence-electron chi connectivity index (χ0n) is 18.6. The standard InChI is InChI=1S/C27H26ClN3O2/c1-19-8-2-5-13-25(19)33-15-7-14-30-24-12-4-3-11-23(24)29-27(30)20-16-26(32)31(18-20)22-10-6-9-21(28)17-22/h2-6,8-13,17,20H,7,14-16,18H2,1H3. The van der Waals surface area contributed by atoms with E-state index in [-0.39, 0.29) is 11.8 Å². The summed E-state index contributed by atoms with van der Waals surface area (Å²) in [5.41, 5.74) is 4.03. The molecule has 0 bridgehead atoms. The number of carbonyl (C=O) groups is 1. The number of anilines is 1. The van der Waals surface area contributed by atoms with Crippen molar-refractivity contribution in [3.05, 3.63) is 89.2 Å². The van der Waals surface area contributed by atoms with Crippen molar-refractivity contribution in [2.24, 2.45) is 0 Å². The van der Waals surface area contributed by atoms with Gasteiger partial charge in [0.15, 0.2) is 0 Å². The maximum Gasteiger partial charge on any atom is 0.227 e. The molecule has 5 rings (SSSR count). The molecule has 0 radical (unpaired) electrons. The summed E-state index contributed by atoms with van der Waals surface area (Å²) < 4.78 is 8.27. The second kappa shape index (κ2) is 9.28. The Morgan fingerprint density at radius 3 is 2.73 bits per heavy atom. The van der Waals surface area contributed by atoms with Crippen LogP contribution in [0.3, 0.4) is 0 Å². The van der Waals surface area contributed by atoms with Gasteiger partial charge in [-0.3, -0.25) is 4.79 Å². The lowest BCUT2D eigenvalue weighted by Gasteiger charge is -2.18. The van der Waals surface area contributed by atoms with Crippen molar-refractivity contribution < 1.29 is 9.53 Å². The first-order valence-electron chi connectivity index (χ1n) is 11.3. The van der Waals surface area contributed by atoms with Gasteiger partial charge < -0.3 is 14.2 Å². The molecule has 1 aliphatic rings. The van der Waals surface area contributed by atoms with Crippen molar-refractivity contribution in [3.8, 4) is 5.75 Å². The van der Waals surface area contributed by atoms with Gasteiger partial charge in [-0.05, 0) is 55.3 Å². The van der Waals surface area contributed by atoms with Gasteiger partial charge in [0.05, 0.1) is 17.6 Å². The number of benzene rings is 3. The second-order valence-electron chi connectivity index (χ2n) is 8.46. The van der Waals surface area contributed by atoms with Crippen molar-refractivity contribution in [1.82, 2.24) is 9.55 Å². The molecule has 5 nitrogen and oxygen atoms in total. The van der Waals surface area contributed by atoms with Crippen molar-refractivity contribution in [2.75, 3.05) is 18.1 Å². The highest BCUT2D eigenvalue weighted by Gasteiger charge is 2.34. The van der Waals surface area contributed by atoms with E-state index >= 15 is 0 Å². The van der Waals surface area contributed by atoms with Gasteiger partial charge in [0.1, 0.15) is 11.6 Å². The number of carbonyl (C=O) groups excluding carboxylic acids is 1. The smallest absolute Gasteiger partial charge is 0.227 e. The number of hydrogen-bond donors (Lipinski definition) is 0. The van der Waals surface area contributed by atoms with E-state index in [1.807, 2.05) is 65.6 Å². The predicted octanol–water partition coefficient (Wildman–Crippen LogP) is 5.99. The topological polar surface area (TPSA) is 47.4 Å². The minimum Gasteiger partial charge on any atom is -0.493 e. The Bertz CT molecular complexity index is 1300. The van der Waals surface area contributed by atoms with Crippen molar-refractivity contribution >= 4 is 34.2 Å². The number of imidazole rings is 1. The minimum atomic E-state index is 0.0289. The number of rotatable bonds is 7. The van der Waals surface area contributed by atoms with Gasteiger partial charge in [0.25, 0.3) is 0 Å². The summed E-state index contributed by atoms with van der Waals surface area (Å²) in [6, 6.07) is 23.7. The van der Waals surface area contributed by atoms with Crippen molar-refractivity contribution in [2.45, 2.75) is 32.2 Å². The third-order valence-electron chi connectivity index (χ3n) is 6.17. The predicted molar refractivity (Wildman–Crippen MR) is 132 cm³/mol. The van der Waals surface area contributed by atoms with E-state index in [4.69, 9.17) is 21.3 Å². The van der Waals surface area contributed by atoms with Gasteiger partial charge in [0.2, 0.25) is 5.91 Å². The number of aromatic nitrogens is 2. The fourth-order valence-corrected chi connectivity index (χ4v) is 4.72. The quantitative estimate of drug-likeness (QED) is 0.319. The van der Waals surface area contributed by atoms with E-state index in [1.165, 1.54) is 0 Å². The van der Waals surface area contributed by atoms with Crippen LogP contribution >= 0.6 is 11.6 Å². The molecule has 33 heavy (non-hydrogen) atoms. The summed E-state index contributed by atoms with van der Waals surface area (Å²) in [6.07, 6.45) is 1.29. The van der Waals surface area contributed by atoms with E-state index < -0.39 is 0 Å². The molecule has 3 aromatic carbocycles. The highest BCUT2D eigenvalue weighted by atomic mass is 35.5. The van der Waals surface area contributed by atoms with Crippen LogP contribution in [-0.2, 0) is 11.3 Å². The Balaban J connectivity index is 1.36. The van der Waals surface area contributed by atoms with Crippen LogP contribution < -0.4 is 9.64 Å². The Morgan fingerprint density at radius 2 is 1.88 bits per heavy atom. The molecule has 1 atom stereocenters. The number of para-hydroxylation sites is 3. The maximum atomic E-state index is 12.9. The highest BCUT2D eigenvalue weighted by molar-refractivity contribution is 6.30. The van der Waals surface area contributed by atoms with Crippen LogP contribution in [0.1, 0.15) is 30.1 Å². The lowest BCUT2D eigenvalue weighted by atomic mass is 10.1. The van der Waals surface area contributed by atoms with Crippen molar-refractivity contribution in [3.63, 3.8) is 0 Å². The molecule has 0 N–H and O–H groups in total. The molecule has 0 aliphatic carbocycles. The number of nitrogens with zero attached hydrogens (tertiary/aromatic N) is 3. The molecule has 1 aliphatic heterocycles. The molecule has 1 amide bonds. The molecule has 0 saturated carbocycles. The van der Waals surface area contributed by atoms with Gasteiger partial charge in [-0.1, -0.05) is 48.0 Å². The number of fused-ring (bicyclic) bond motifs is 1. The van der Waals surface area contributed by atoms with Gasteiger partial charge in [-0.25, -0.2) is 4.98 Å². The van der Waals surface area contributed by atoms with Crippen LogP contribution in [0.4, 0.5) is 5.69 Å². The van der Waals surface area contributed by atoms with E-state index in [1.54, 1.807) is 0 Å². The van der Waals surface area contributed by atoms with Crippen molar-refractivity contribution in [1.29, 1.82) is 0 Å². The van der Waals surface area contributed by atoms with E-state index in [9.17, 15) is 4.79 Å². The number of aryl methyl sites for hydroxylation is 2. The van der Waals surface area contributed by atoms with Gasteiger partial charge in [-0.2, -0.15) is 0 Å². The molecule has 4 aromatic rings. The molecular formula is C27H26ClN3O2. The normalized spacial score (nSPS) is 16.0. The molecule has 2 heterocycles. The van der Waals surface area contributed by atoms with Crippen LogP contribution in [0, 0.1) is 6.92 Å².